The van der Waals surface area contributed by atoms with Crippen LogP contribution < -0.4 is 0 Å². The van der Waals surface area contributed by atoms with Crippen molar-refractivity contribution in [3.63, 3.8) is 0 Å². The minimum absolute atomic E-state index is 0.0104. The van der Waals surface area contributed by atoms with Gasteiger partial charge >= 0.3 is 0 Å². The molecule has 4 aliphatic rings. The third-order valence-corrected chi connectivity index (χ3v) is 10.2. The molecular formula is C31H44N2O2S. The summed E-state index contributed by atoms with van der Waals surface area (Å²) in [7, 11) is -1.93. The molecule has 196 valence electrons. The summed E-state index contributed by atoms with van der Waals surface area (Å²) in [5.41, 5.74) is 4.84. The number of rotatable bonds is 6. The summed E-state index contributed by atoms with van der Waals surface area (Å²) in [6.07, 6.45) is 21.5. The fraction of sp³-hybridized carbons (Fsp3) is 0.548. The molecule has 1 heterocycles. The second-order valence-corrected chi connectivity index (χ2v) is 14.1. The molecule has 3 atom stereocenters. The van der Waals surface area contributed by atoms with Crippen LogP contribution in [0.1, 0.15) is 67.7 Å². The molecule has 0 spiro atoms. The van der Waals surface area contributed by atoms with Crippen LogP contribution in [0.15, 0.2) is 82.1 Å². The van der Waals surface area contributed by atoms with Gasteiger partial charge in [-0.3, -0.25) is 4.31 Å². The Morgan fingerprint density at radius 1 is 1.14 bits per heavy atom. The minimum atomic E-state index is -3.65. The molecule has 5 heteroatoms. The van der Waals surface area contributed by atoms with Crippen molar-refractivity contribution in [3.8, 4) is 0 Å². The predicted octanol–water partition coefficient (Wildman–Crippen LogP) is 7.10. The normalized spacial score (nSPS) is 29.3. The summed E-state index contributed by atoms with van der Waals surface area (Å²) < 4.78 is 28.9. The third kappa shape index (κ3) is 4.71. The zero-order chi connectivity index (χ0) is 26.5. The molecule has 0 N–H and O–H groups in total. The van der Waals surface area contributed by atoms with E-state index in [1.807, 2.05) is 18.2 Å². The molecule has 0 amide bonds. The van der Waals surface area contributed by atoms with Crippen LogP contribution in [0.2, 0.25) is 0 Å². The summed E-state index contributed by atoms with van der Waals surface area (Å²) in [5, 5.41) is 0. The minimum Gasteiger partial charge on any atom is -0.368 e. The van der Waals surface area contributed by atoms with Crippen LogP contribution >= 0.6 is 0 Å². The number of allylic oxidation sites excluding steroid dienone is 11. The molecule has 4 rings (SSSR count). The summed E-state index contributed by atoms with van der Waals surface area (Å²) in [6, 6.07) is 0.258. The smallest absolute Gasteiger partial charge is 0.263 e. The van der Waals surface area contributed by atoms with Gasteiger partial charge in [-0.2, -0.15) is 0 Å². The van der Waals surface area contributed by atoms with Crippen molar-refractivity contribution in [1.82, 2.24) is 9.21 Å². The Morgan fingerprint density at radius 3 is 2.56 bits per heavy atom. The van der Waals surface area contributed by atoms with Gasteiger partial charge in [-0.05, 0) is 61.3 Å². The zero-order valence-electron chi connectivity index (χ0n) is 23.4. The Kier molecular flexibility index (Phi) is 7.11. The molecule has 0 saturated heterocycles. The molecule has 3 aliphatic carbocycles. The van der Waals surface area contributed by atoms with E-state index in [4.69, 9.17) is 0 Å². The van der Waals surface area contributed by atoms with Crippen LogP contribution in [0.4, 0.5) is 0 Å². The molecule has 0 fully saturated rings. The number of hydrogen-bond donors (Lipinski definition) is 0. The van der Waals surface area contributed by atoms with Crippen molar-refractivity contribution in [3.05, 3.63) is 82.1 Å². The van der Waals surface area contributed by atoms with E-state index in [0.717, 1.165) is 37.1 Å². The Labute approximate surface area is 219 Å². The van der Waals surface area contributed by atoms with Gasteiger partial charge in [0.15, 0.2) is 0 Å². The van der Waals surface area contributed by atoms with Crippen molar-refractivity contribution >= 4 is 10.0 Å². The highest BCUT2D eigenvalue weighted by Crippen LogP contribution is 2.49. The monoisotopic (exact) mass is 508 g/mol. The lowest BCUT2D eigenvalue weighted by atomic mass is 9.77. The molecule has 0 aromatic carbocycles. The van der Waals surface area contributed by atoms with E-state index in [9.17, 15) is 8.42 Å². The number of sulfonamides is 1. The number of nitrogens with zero attached hydrogens (tertiary/aromatic N) is 2. The maximum Gasteiger partial charge on any atom is 0.263 e. The second-order valence-electron chi connectivity index (χ2n) is 12.1. The molecule has 0 aromatic rings. The Bertz CT molecular complexity index is 1220. The van der Waals surface area contributed by atoms with E-state index in [-0.39, 0.29) is 22.8 Å². The summed E-state index contributed by atoms with van der Waals surface area (Å²) in [5.74, 6) is 0.758. The predicted molar refractivity (Wildman–Crippen MR) is 151 cm³/mol. The molecule has 1 unspecified atom stereocenters. The van der Waals surface area contributed by atoms with Crippen molar-refractivity contribution in [2.75, 3.05) is 13.6 Å². The Balaban J connectivity index is 1.66. The average Bonchev–Trinajstić information content (AvgIpc) is 3.17. The van der Waals surface area contributed by atoms with Crippen molar-refractivity contribution < 1.29 is 8.42 Å². The van der Waals surface area contributed by atoms with Crippen LogP contribution in [0.5, 0.6) is 0 Å². The van der Waals surface area contributed by atoms with E-state index in [1.54, 1.807) is 19.2 Å². The molecule has 0 bridgehead atoms. The quantitative estimate of drug-likeness (QED) is 0.384. The molecular weight excluding hydrogens is 464 g/mol. The van der Waals surface area contributed by atoms with E-state index < -0.39 is 10.0 Å². The van der Waals surface area contributed by atoms with Crippen LogP contribution in [0.3, 0.4) is 0 Å². The maximum atomic E-state index is 13.7. The maximum absolute atomic E-state index is 13.7. The first-order valence-corrected chi connectivity index (χ1v) is 14.9. The van der Waals surface area contributed by atoms with Gasteiger partial charge in [0.1, 0.15) is 0 Å². The number of likely N-dealkylation sites (N-methyl/N-ethyl adjacent to an activating group) is 1. The van der Waals surface area contributed by atoms with E-state index >= 15 is 0 Å². The molecule has 36 heavy (non-hydrogen) atoms. The zero-order valence-corrected chi connectivity index (χ0v) is 24.2. The van der Waals surface area contributed by atoms with Gasteiger partial charge in [0.25, 0.3) is 10.0 Å². The van der Waals surface area contributed by atoms with E-state index in [2.05, 4.69) is 77.7 Å². The first-order valence-electron chi connectivity index (χ1n) is 13.5. The van der Waals surface area contributed by atoms with Crippen LogP contribution in [0, 0.1) is 22.7 Å². The highest BCUT2D eigenvalue weighted by Gasteiger charge is 2.44. The van der Waals surface area contributed by atoms with Crippen LogP contribution in [-0.4, -0.2) is 37.3 Å². The lowest BCUT2D eigenvalue weighted by molar-refractivity contribution is 0.234. The van der Waals surface area contributed by atoms with Crippen LogP contribution in [0.25, 0.3) is 0 Å². The van der Waals surface area contributed by atoms with Gasteiger partial charge < -0.3 is 4.90 Å². The van der Waals surface area contributed by atoms with Gasteiger partial charge in [0, 0.05) is 35.8 Å². The Hall–Kier alpha value is -2.27. The van der Waals surface area contributed by atoms with E-state index in [1.165, 1.54) is 15.6 Å². The topological polar surface area (TPSA) is 40.6 Å². The van der Waals surface area contributed by atoms with Crippen molar-refractivity contribution in [1.29, 1.82) is 0 Å². The lowest BCUT2D eigenvalue weighted by Gasteiger charge is -2.33. The van der Waals surface area contributed by atoms with Gasteiger partial charge in [-0.1, -0.05) is 84.1 Å². The summed E-state index contributed by atoms with van der Waals surface area (Å²) >= 11 is 0. The standard InChI is InChI=1S/C31H44N2O2S/c1-9-33-27-21-22(2)12-16-26(27)31(6,7)28(33)17-15-24-14-13-23(3)29(24)32(8)36(34,35)25-11-10-19-30(4,5)20-18-25/h10-12,15-20,22-23,28H,9,13-14,21H2,1-8H3/b17-15+/t22-,23-,28?/m1/s1. The highest BCUT2D eigenvalue weighted by atomic mass is 32.2. The first kappa shape index (κ1) is 26.8. The number of hydrogen-bond acceptors (Lipinski definition) is 3. The van der Waals surface area contributed by atoms with Gasteiger partial charge in [0.2, 0.25) is 0 Å². The lowest BCUT2D eigenvalue weighted by Crippen LogP contribution is -2.37. The fourth-order valence-electron chi connectivity index (χ4n) is 6.25. The van der Waals surface area contributed by atoms with Crippen molar-refractivity contribution in [2.24, 2.45) is 22.7 Å². The molecule has 0 aromatic heterocycles. The first-order chi connectivity index (χ1) is 16.8. The molecule has 0 radical (unpaired) electrons. The molecule has 1 aliphatic heterocycles. The van der Waals surface area contributed by atoms with Crippen molar-refractivity contribution in [2.45, 2.75) is 73.8 Å². The average molecular weight is 509 g/mol. The molecule has 0 saturated carbocycles. The Morgan fingerprint density at radius 2 is 1.86 bits per heavy atom. The van der Waals surface area contributed by atoms with E-state index in [0.29, 0.717) is 10.8 Å². The van der Waals surface area contributed by atoms with Gasteiger partial charge in [-0.15, -0.1) is 0 Å². The summed E-state index contributed by atoms with van der Waals surface area (Å²) in [6.45, 7) is 16.5. The highest BCUT2D eigenvalue weighted by molar-refractivity contribution is 7.93. The molecule has 4 nitrogen and oxygen atoms in total. The SMILES string of the molecule is CCN1C2=C(C=C[C@@H](C)C2)C(C)(C)C1/C=C/C1=C(N(C)S(=O)(=O)C2=CC=CC(C)(C)C=C2)[C@H](C)CC1. The summed E-state index contributed by atoms with van der Waals surface area (Å²) in [4.78, 5) is 2.90. The van der Waals surface area contributed by atoms with Gasteiger partial charge in [-0.25, -0.2) is 8.42 Å². The van der Waals surface area contributed by atoms with Crippen LogP contribution in [-0.2, 0) is 10.0 Å². The fourth-order valence-corrected chi connectivity index (χ4v) is 7.61. The van der Waals surface area contributed by atoms with Gasteiger partial charge in [0.05, 0.1) is 10.9 Å². The largest absolute Gasteiger partial charge is 0.368 e. The second kappa shape index (κ2) is 9.55. The third-order valence-electron chi connectivity index (χ3n) is 8.46.